The summed E-state index contributed by atoms with van der Waals surface area (Å²) >= 11 is 12.7. The van der Waals surface area contributed by atoms with Crippen LogP contribution >= 0.6 is 23.2 Å². The maximum absolute atomic E-state index is 13.9. The number of hydrogen-bond donors (Lipinski definition) is 1. The minimum Gasteiger partial charge on any atom is -0.354 e. The van der Waals surface area contributed by atoms with Gasteiger partial charge in [-0.05, 0) is 57.0 Å². The molecular weight excluding hydrogens is 557 g/mol. The zero-order chi connectivity index (χ0) is 28.7. The number of sulfonamides is 1. The number of anilines is 1. The molecule has 39 heavy (non-hydrogen) atoms. The quantitative estimate of drug-likeness (QED) is 0.308. The number of rotatable bonds is 11. The Balaban J connectivity index is 2.05. The molecule has 0 aliphatic carbocycles. The summed E-state index contributed by atoms with van der Waals surface area (Å²) in [5, 5.41) is 2.97. The molecule has 1 atom stereocenters. The first-order valence-corrected chi connectivity index (χ1v) is 14.8. The lowest BCUT2D eigenvalue weighted by Crippen LogP contribution is -2.51. The molecule has 0 aliphatic rings. The molecule has 3 aromatic carbocycles. The highest BCUT2D eigenvalue weighted by Gasteiger charge is 2.33. The van der Waals surface area contributed by atoms with E-state index in [1.807, 2.05) is 45.0 Å². The monoisotopic (exact) mass is 589 g/mol. The molecule has 0 spiro atoms. The molecule has 208 valence electrons. The molecule has 0 aliphatic heterocycles. The summed E-state index contributed by atoms with van der Waals surface area (Å²) < 4.78 is 28.7. The predicted octanol–water partition coefficient (Wildman–Crippen LogP) is 5.75. The maximum atomic E-state index is 13.9. The van der Waals surface area contributed by atoms with Crippen LogP contribution in [0.5, 0.6) is 0 Å². The van der Waals surface area contributed by atoms with Crippen molar-refractivity contribution in [1.82, 2.24) is 10.2 Å². The second-order valence-corrected chi connectivity index (χ2v) is 12.0. The Hall–Kier alpha value is -3.07. The number of amides is 2. The van der Waals surface area contributed by atoms with E-state index in [1.54, 1.807) is 25.1 Å². The van der Waals surface area contributed by atoms with Gasteiger partial charge in [0, 0.05) is 13.1 Å². The number of hydrogen-bond acceptors (Lipinski definition) is 4. The fraction of sp³-hybridized carbons (Fsp3) is 0.310. The van der Waals surface area contributed by atoms with Gasteiger partial charge in [-0.1, -0.05) is 83.7 Å². The lowest BCUT2D eigenvalue weighted by molar-refractivity contribution is -0.139. The average Bonchev–Trinajstić information content (AvgIpc) is 2.91. The molecule has 0 bridgehead atoms. The molecule has 2 amide bonds. The van der Waals surface area contributed by atoms with E-state index in [0.717, 1.165) is 27.4 Å². The van der Waals surface area contributed by atoms with E-state index in [0.29, 0.717) is 6.54 Å². The van der Waals surface area contributed by atoms with Crippen LogP contribution in [0.2, 0.25) is 10.0 Å². The lowest BCUT2D eigenvalue weighted by Gasteiger charge is -2.32. The summed E-state index contributed by atoms with van der Waals surface area (Å²) in [6.45, 7) is 7.34. The van der Waals surface area contributed by atoms with E-state index in [2.05, 4.69) is 5.32 Å². The van der Waals surface area contributed by atoms with Crippen LogP contribution < -0.4 is 9.62 Å². The number of carbonyl (C=O) groups is 2. The van der Waals surface area contributed by atoms with E-state index in [9.17, 15) is 18.0 Å². The highest BCUT2D eigenvalue weighted by Crippen LogP contribution is 2.35. The molecular formula is C29H33Cl2N3O4S. The van der Waals surface area contributed by atoms with Crippen molar-refractivity contribution in [1.29, 1.82) is 0 Å². The molecule has 0 unspecified atom stereocenters. The summed E-state index contributed by atoms with van der Waals surface area (Å²) in [4.78, 5) is 28.2. The van der Waals surface area contributed by atoms with Crippen molar-refractivity contribution in [3.8, 4) is 0 Å². The first kappa shape index (κ1) is 30.5. The SMILES string of the molecule is CCCNC(=O)[C@@H](C)N(Cc1ccc(C)cc1)C(=O)CN(c1cccc(Cl)c1Cl)S(=O)(=O)c1ccc(C)cc1. The minimum atomic E-state index is -4.24. The van der Waals surface area contributed by atoms with Gasteiger partial charge in [0.2, 0.25) is 11.8 Å². The van der Waals surface area contributed by atoms with E-state index < -0.39 is 28.5 Å². The molecule has 7 nitrogen and oxygen atoms in total. The highest BCUT2D eigenvalue weighted by atomic mass is 35.5. The summed E-state index contributed by atoms with van der Waals surface area (Å²) in [5.74, 6) is -0.896. The standard InChI is InChI=1S/C29H33Cl2N3O4S/c1-5-17-32-29(36)22(4)33(18-23-13-9-20(2)10-14-23)27(35)19-34(26-8-6-7-25(30)28(26)31)39(37,38)24-15-11-21(3)12-16-24/h6-16,22H,5,17-19H2,1-4H3,(H,32,36)/t22-/m1/s1. The van der Waals surface area contributed by atoms with Crippen LogP contribution in [0.15, 0.2) is 71.6 Å². The normalized spacial score (nSPS) is 12.1. The molecule has 3 aromatic rings. The molecule has 0 radical (unpaired) electrons. The van der Waals surface area contributed by atoms with Crippen LogP contribution in [0, 0.1) is 13.8 Å². The Kier molecular flexibility index (Phi) is 10.4. The van der Waals surface area contributed by atoms with Gasteiger partial charge in [0.25, 0.3) is 10.0 Å². The third-order valence-corrected chi connectivity index (χ3v) is 8.86. The Morgan fingerprint density at radius 2 is 1.51 bits per heavy atom. The van der Waals surface area contributed by atoms with Gasteiger partial charge in [0.15, 0.2) is 0 Å². The molecule has 0 fully saturated rings. The van der Waals surface area contributed by atoms with E-state index in [1.165, 1.54) is 29.2 Å². The summed E-state index contributed by atoms with van der Waals surface area (Å²) in [6, 6.07) is 17.6. The number of aryl methyl sites for hydroxylation is 2. The number of nitrogens with zero attached hydrogens (tertiary/aromatic N) is 2. The minimum absolute atomic E-state index is 0.00137. The Morgan fingerprint density at radius 3 is 2.10 bits per heavy atom. The first-order valence-electron chi connectivity index (χ1n) is 12.6. The van der Waals surface area contributed by atoms with E-state index in [4.69, 9.17) is 23.2 Å². The number of nitrogens with one attached hydrogen (secondary N) is 1. The van der Waals surface area contributed by atoms with Gasteiger partial charge in [-0.2, -0.15) is 0 Å². The molecule has 3 rings (SSSR count). The number of benzene rings is 3. The van der Waals surface area contributed by atoms with Crippen molar-refractivity contribution >= 4 is 50.7 Å². The fourth-order valence-electron chi connectivity index (χ4n) is 3.90. The summed E-state index contributed by atoms with van der Waals surface area (Å²) in [7, 11) is -4.24. The van der Waals surface area contributed by atoms with Crippen molar-refractivity contribution < 1.29 is 18.0 Å². The number of halogens is 2. The summed E-state index contributed by atoms with van der Waals surface area (Å²) in [6.07, 6.45) is 0.736. The topological polar surface area (TPSA) is 86.8 Å². The van der Waals surface area contributed by atoms with Crippen LogP contribution in [0.1, 0.15) is 37.0 Å². The predicted molar refractivity (Wildman–Crippen MR) is 157 cm³/mol. The second kappa shape index (κ2) is 13.3. The average molecular weight is 591 g/mol. The molecule has 1 N–H and O–H groups in total. The lowest BCUT2D eigenvalue weighted by atomic mass is 10.1. The van der Waals surface area contributed by atoms with Crippen LogP contribution in [0.25, 0.3) is 0 Å². The third-order valence-electron chi connectivity index (χ3n) is 6.28. The van der Waals surface area contributed by atoms with Gasteiger partial charge >= 0.3 is 0 Å². The molecule has 0 heterocycles. The van der Waals surface area contributed by atoms with Gasteiger partial charge in [-0.25, -0.2) is 8.42 Å². The second-order valence-electron chi connectivity index (χ2n) is 9.37. The van der Waals surface area contributed by atoms with Crippen LogP contribution in [0.3, 0.4) is 0 Å². The van der Waals surface area contributed by atoms with Crippen molar-refractivity contribution in [3.63, 3.8) is 0 Å². The largest absolute Gasteiger partial charge is 0.354 e. The van der Waals surface area contributed by atoms with Gasteiger partial charge in [0.1, 0.15) is 12.6 Å². The van der Waals surface area contributed by atoms with Crippen molar-refractivity contribution in [2.75, 3.05) is 17.4 Å². The van der Waals surface area contributed by atoms with Crippen molar-refractivity contribution in [2.24, 2.45) is 0 Å². The molecule has 0 aromatic heterocycles. The van der Waals surface area contributed by atoms with Crippen molar-refractivity contribution in [2.45, 2.75) is 51.6 Å². The van der Waals surface area contributed by atoms with Crippen molar-refractivity contribution in [3.05, 3.63) is 93.5 Å². The van der Waals surface area contributed by atoms with Gasteiger partial charge in [-0.3, -0.25) is 13.9 Å². The Morgan fingerprint density at radius 1 is 0.923 bits per heavy atom. The van der Waals surface area contributed by atoms with Crippen LogP contribution in [-0.2, 0) is 26.2 Å². The third kappa shape index (κ3) is 7.53. The zero-order valence-electron chi connectivity index (χ0n) is 22.4. The first-order chi connectivity index (χ1) is 18.4. The van der Waals surface area contributed by atoms with Crippen LogP contribution in [0.4, 0.5) is 5.69 Å². The maximum Gasteiger partial charge on any atom is 0.264 e. The fourth-order valence-corrected chi connectivity index (χ4v) is 5.78. The highest BCUT2D eigenvalue weighted by molar-refractivity contribution is 7.92. The molecule has 10 heteroatoms. The Bertz CT molecular complexity index is 1410. The molecule has 0 saturated heterocycles. The molecule has 0 saturated carbocycles. The zero-order valence-corrected chi connectivity index (χ0v) is 24.8. The van der Waals surface area contributed by atoms with Gasteiger partial charge < -0.3 is 10.2 Å². The summed E-state index contributed by atoms with van der Waals surface area (Å²) in [5.41, 5.74) is 2.80. The number of carbonyl (C=O) groups excluding carboxylic acids is 2. The van der Waals surface area contributed by atoms with Gasteiger partial charge in [-0.15, -0.1) is 0 Å². The van der Waals surface area contributed by atoms with E-state index in [-0.39, 0.29) is 33.1 Å². The van der Waals surface area contributed by atoms with Crippen LogP contribution in [-0.4, -0.2) is 44.3 Å². The van der Waals surface area contributed by atoms with E-state index >= 15 is 0 Å². The van der Waals surface area contributed by atoms with Gasteiger partial charge in [0.05, 0.1) is 20.6 Å². The Labute approximate surface area is 240 Å². The smallest absolute Gasteiger partial charge is 0.264 e.